The number of nitrogens with one attached hydrogen (secondary N) is 1. The molecule has 5 rings (SSSR count). The van der Waals surface area contributed by atoms with Crippen molar-refractivity contribution in [2.75, 3.05) is 51.2 Å². The first-order valence-electron chi connectivity index (χ1n) is 12.5. The van der Waals surface area contributed by atoms with Gasteiger partial charge in [-0.05, 0) is 49.7 Å². The number of hydrogen-bond donors (Lipinski definition) is 1. The molecule has 0 unspecified atom stereocenters. The van der Waals surface area contributed by atoms with Crippen LogP contribution in [-0.2, 0) is 17.8 Å². The van der Waals surface area contributed by atoms with Crippen molar-refractivity contribution in [3.63, 3.8) is 0 Å². The van der Waals surface area contributed by atoms with Crippen molar-refractivity contribution >= 4 is 40.6 Å². The van der Waals surface area contributed by atoms with Crippen LogP contribution in [0.2, 0.25) is 10.0 Å². The van der Waals surface area contributed by atoms with E-state index in [-0.39, 0.29) is 11.9 Å². The number of amides is 1. The van der Waals surface area contributed by atoms with Crippen molar-refractivity contribution in [3.05, 3.63) is 51.8 Å². The number of aromatic nitrogens is 4. The van der Waals surface area contributed by atoms with Gasteiger partial charge in [-0.25, -0.2) is 0 Å². The van der Waals surface area contributed by atoms with Gasteiger partial charge in [0, 0.05) is 64.7 Å². The van der Waals surface area contributed by atoms with Crippen molar-refractivity contribution in [3.8, 4) is 0 Å². The molecule has 9 nitrogen and oxygen atoms in total. The first kappa shape index (κ1) is 25.2. The molecule has 0 atom stereocenters. The second-order valence-electron chi connectivity index (χ2n) is 9.73. The molecule has 2 aliphatic heterocycles. The van der Waals surface area contributed by atoms with E-state index in [0.29, 0.717) is 34.4 Å². The minimum Gasteiger partial charge on any atom is -0.353 e. The fourth-order valence-electron chi connectivity index (χ4n) is 4.84. The predicted octanol–water partition coefficient (Wildman–Crippen LogP) is 2.90. The molecule has 2 aliphatic rings. The third kappa shape index (κ3) is 6.08. The van der Waals surface area contributed by atoms with Gasteiger partial charge in [-0.1, -0.05) is 29.3 Å². The van der Waals surface area contributed by atoms with Gasteiger partial charge in [0.05, 0.1) is 10.0 Å². The maximum absolute atomic E-state index is 12.7. The van der Waals surface area contributed by atoms with E-state index < -0.39 is 0 Å². The average molecular weight is 531 g/mol. The molecule has 0 spiro atoms. The van der Waals surface area contributed by atoms with Crippen LogP contribution in [0.1, 0.15) is 30.7 Å². The lowest BCUT2D eigenvalue weighted by molar-refractivity contribution is -0.122. The highest BCUT2D eigenvalue weighted by Gasteiger charge is 2.22. The Labute approximate surface area is 221 Å². The van der Waals surface area contributed by atoms with Crippen molar-refractivity contribution in [1.82, 2.24) is 34.9 Å². The van der Waals surface area contributed by atoms with Crippen LogP contribution >= 0.6 is 23.2 Å². The van der Waals surface area contributed by atoms with Crippen LogP contribution in [0, 0.1) is 0 Å². The monoisotopic (exact) mass is 530 g/mol. The highest BCUT2D eigenvalue weighted by atomic mass is 35.5. The molecule has 1 aromatic carbocycles. The molecule has 1 N–H and O–H groups in total. The van der Waals surface area contributed by atoms with E-state index in [1.807, 2.05) is 30.3 Å². The Morgan fingerprint density at radius 1 is 1.00 bits per heavy atom. The van der Waals surface area contributed by atoms with Gasteiger partial charge >= 0.3 is 0 Å². The second kappa shape index (κ2) is 11.3. The third-order valence-corrected chi connectivity index (χ3v) is 7.80. The van der Waals surface area contributed by atoms with Gasteiger partial charge < -0.3 is 15.1 Å². The molecule has 192 valence electrons. The van der Waals surface area contributed by atoms with Crippen LogP contribution in [0.5, 0.6) is 0 Å². The highest BCUT2D eigenvalue weighted by molar-refractivity contribution is 6.42. The van der Waals surface area contributed by atoms with Crippen LogP contribution in [0.15, 0.2) is 30.3 Å². The lowest BCUT2D eigenvalue weighted by Gasteiger charge is -2.33. The minimum absolute atomic E-state index is 0.0462. The molecule has 11 heteroatoms. The number of fused-ring (bicyclic) bond motifs is 1. The van der Waals surface area contributed by atoms with Crippen molar-refractivity contribution < 1.29 is 4.79 Å². The zero-order valence-corrected chi connectivity index (χ0v) is 22.0. The molecule has 1 amide bonds. The number of hydrogen-bond acceptors (Lipinski definition) is 7. The van der Waals surface area contributed by atoms with Gasteiger partial charge in [0.1, 0.15) is 5.82 Å². The van der Waals surface area contributed by atoms with E-state index in [2.05, 4.69) is 37.3 Å². The van der Waals surface area contributed by atoms with Crippen LogP contribution in [0.25, 0.3) is 5.65 Å². The summed E-state index contributed by atoms with van der Waals surface area (Å²) in [6.45, 7) is 6.62. The summed E-state index contributed by atoms with van der Waals surface area (Å²) in [6, 6.07) is 9.92. The van der Waals surface area contributed by atoms with Crippen LogP contribution in [0.3, 0.4) is 0 Å². The molecule has 2 aromatic heterocycles. The number of likely N-dealkylation sites (tertiary alicyclic amines) is 1. The van der Waals surface area contributed by atoms with Crippen molar-refractivity contribution in [2.24, 2.45) is 0 Å². The quantitative estimate of drug-likeness (QED) is 0.502. The zero-order valence-electron chi connectivity index (χ0n) is 20.5. The largest absolute Gasteiger partial charge is 0.353 e. The summed E-state index contributed by atoms with van der Waals surface area (Å²) in [5.41, 5.74) is 1.86. The summed E-state index contributed by atoms with van der Waals surface area (Å²) in [5.74, 6) is 1.69. The number of aryl methyl sites for hydroxylation is 1. The van der Waals surface area contributed by atoms with Gasteiger partial charge in [0.2, 0.25) is 5.91 Å². The number of nitrogens with zero attached hydrogens (tertiary/aromatic N) is 7. The first-order chi connectivity index (χ1) is 17.4. The van der Waals surface area contributed by atoms with Crippen LogP contribution in [-0.4, -0.2) is 87.9 Å². The standard InChI is InChI=1S/C25H32Cl2N8O/c1-32-12-14-34(15-13-32)24-5-4-22-29-30-23(35(22)31-24)6-7-25(36)28-19-8-10-33(11-9-19)17-18-2-3-20(26)21(27)16-18/h2-5,16,19H,6-15,17H2,1H3,(H,28,36). The summed E-state index contributed by atoms with van der Waals surface area (Å²) < 4.78 is 1.78. The predicted molar refractivity (Wildman–Crippen MR) is 142 cm³/mol. The maximum atomic E-state index is 12.7. The van der Waals surface area contributed by atoms with Crippen LogP contribution in [0.4, 0.5) is 5.82 Å². The Bertz CT molecular complexity index is 1200. The minimum atomic E-state index is 0.0462. The molecular weight excluding hydrogens is 499 g/mol. The lowest BCUT2D eigenvalue weighted by Crippen LogP contribution is -2.45. The lowest BCUT2D eigenvalue weighted by atomic mass is 10.0. The SMILES string of the molecule is CN1CCN(c2ccc3nnc(CCC(=O)NC4CCN(Cc5ccc(Cl)c(Cl)c5)CC4)n3n2)CC1. The Kier molecular flexibility index (Phi) is 7.90. The van der Waals surface area contributed by atoms with Gasteiger partial charge in [0.15, 0.2) is 11.5 Å². The summed E-state index contributed by atoms with van der Waals surface area (Å²) in [6.07, 6.45) is 2.72. The Morgan fingerprint density at radius 3 is 2.53 bits per heavy atom. The van der Waals surface area contributed by atoms with Gasteiger partial charge in [-0.3, -0.25) is 9.69 Å². The fourth-order valence-corrected chi connectivity index (χ4v) is 5.16. The molecule has 4 heterocycles. The second-order valence-corrected chi connectivity index (χ2v) is 10.5. The number of anilines is 1. The number of piperidine rings is 1. The Balaban J connectivity index is 1.10. The molecule has 36 heavy (non-hydrogen) atoms. The Hall–Kier alpha value is -2.46. The number of benzene rings is 1. The maximum Gasteiger partial charge on any atom is 0.220 e. The highest BCUT2D eigenvalue weighted by Crippen LogP contribution is 2.24. The molecule has 2 fully saturated rings. The van der Waals surface area contributed by atoms with Crippen molar-refractivity contribution in [2.45, 2.75) is 38.3 Å². The molecule has 0 saturated carbocycles. The molecule has 3 aromatic rings. The first-order valence-corrected chi connectivity index (χ1v) is 13.3. The smallest absolute Gasteiger partial charge is 0.220 e. The molecule has 2 saturated heterocycles. The van der Waals surface area contributed by atoms with E-state index in [1.165, 1.54) is 0 Å². The van der Waals surface area contributed by atoms with E-state index in [1.54, 1.807) is 4.52 Å². The van der Waals surface area contributed by atoms with E-state index in [4.69, 9.17) is 28.3 Å². The number of rotatable bonds is 7. The van der Waals surface area contributed by atoms with E-state index in [9.17, 15) is 4.79 Å². The molecule has 0 bridgehead atoms. The molecule has 0 radical (unpaired) electrons. The summed E-state index contributed by atoms with van der Waals surface area (Å²) in [7, 11) is 2.14. The molecule has 0 aliphatic carbocycles. The zero-order chi connectivity index (χ0) is 25.1. The number of carbonyl (C=O) groups is 1. The third-order valence-electron chi connectivity index (χ3n) is 7.06. The summed E-state index contributed by atoms with van der Waals surface area (Å²) >= 11 is 12.2. The normalized spacial score (nSPS) is 18.1. The number of halogens is 2. The topological polar surface area (TPSA) is 81.9 Å². The summed E-state index contributed by atoms with van der Waals surface area (Å²) in [4.78, 5) is 19.7. The Morgan fingerprint density at radius 2 is 1.78 bits per heavy atom. The average Bonchev–Trinajstić information content (AvgIpc) is 3.29. The van der Waals surface area contributed by atoms with Crippen LogP contribution < -0.4 is 10.2 Å². The number of carbonyl (C=O) groups excluding carboxylic acids is 1. The fraction of sp³-hybridized carbons (Fsp3) is 0.520. The van der Waals surface area contributed by atoms with Gasteiger partial charge in [-0.2, -0.15) is 4.52 Å². The van der Waals surface area contributed by atoms with Crippen molar-refractivity contribution in [1.29, 1.82) is 0 Å². The van der Waals surface area contributed by atoms with E-state index in [0.717, 1.165) is 70.0 Å². The van der Waals surface area contributed by atoms with Gasteiger partial charge in [-0.15, -0.1) is 15.3 Å². The van der Waals surface area contributed by atoms with Gasteiger partial charge in [0.25, 0.3) is 0 Å². The number of piperazine rings is 1. The summed E-state index contributed by atoms with van der Waals surface area (Å²) in [5, 5.41) is 17.7. The molecular formula is C25H32Cl2N8O. The number of likely N-dealkylation sites (N-methyl/N-ethyl adjacent to an activating group) is 1. The van der Waals surface area contributed by atoms with E-state index >= 15 is 0 Å².